The van der Waals surface area contributed by atoms with E-state index in [1.54, 1.807) is 25.3 Å². The summed E-state index contributed by atoms with van der Waals surface area (Å²) in [5.41, 5.74) is 4.67. The maximum absolute atomic E-state index is 13.7. The van der Waals surface area contributed by atoms with Crippen molar-refractivity contribution in [3.05, 3.63) is 88.9 Å². The van der Waals surface area contributed by atoms with Gasteiger partial charge in [-0.1, -0.05) is 6.07 Å². The van der Waals surface area contributed by atoms with Gasteiger partial charge in [0, 0.05) is 17.5 Å². The second-order valence-electron chi connectivity index (χ2n) is 10.1. The number of ether oxygens (including phenoxy) is 1. The summed E-state index contributed by atoms with van der Waals surface area (Å²) < 4.78 is 46.3. The van der Waals surface area contributed by atoms with E-state index in [1.165, 1.54) is 24.3 Å². The number of aromatic nitrogens is 2. The fourth-order valence-corrected chi connectivity index (χ4v) is 5.14. The number of hydrogen-bond acceptors (Lipinski definition) is 5. The molecule has 0 aliphatic heterocycles. The number of benzene rings is 3. The van der Waals surface area contributed by atoms with Crippen LogP contribution in [0.15, 0.2) is 60.7 Å². The molecule has 10 heteroatoms. The summed E-state index contributed by atoms with van der Waals surface area (Å²) in [4.78, 5) is 33.4. The Labute approximate surface area is 234 Å². The number of carbonyl (C=O) groups is 2. The van der Waals surface area contributed by atoms with Gasteiger partial charge in [0.1, 0.15) is 11.6 Å². The second-order valence-corrected chi connectivity index (χ2v) is 10.1. The predicted octanol–water partition coefficient (Wildman–Crippen LogP) is 6.29. The molecule has 1 atom stereocenters. The zero-order chi connectivity index (χ0) is 29.1. The maximum Gasteiger partial charge on any atom is 0.374 e. The Morgan fingerprint density at radius 3 is 2.56 bits per heavy atom. The van der Waals surface area contributed by atoms with E-state index in [1.807, 2.05) is 18.2 Å². The molecule has 1 aromatic heterocycles. The van der Waals surface area contributed by atoms with Crippen LogP contribution in [0.25, 0.3) is 22.3 Å². The normalized spacial score (nSPS) is 14.9. The molecule has 0 spiro atoms. The largest absolute Gasteiger partial charge is 0.497 e. The van der Waals surface area contributed by atoms with Crippen molar-refractivity contribution in [2.24, 2.45) is 0 Å². The average Bonchev–Trinajstić information content (AvgIpc) is 2.96. The number of carbonyl (C=O) groups excluding carboxylic acids is 1. The molecule has 212 valence electrons. The van der Waals surface area contributed by atoms with Gasteiger partial charge in [-0.15, -0.1) is 0 Å². The van der Waals surface area contributed by atoms with E-state index in [0.717, 1.165) is 36.1 Å². The smallest absolute Gasteiger partial charge is 0.374 e. The molecule has 1 heterocycles. The van der Waals surface area contributed by atoms with Gasteiger partial charge >= 0.3 is 11.9 Å². The molecule has 0 saturated heterocycles. The summed E-state index contributed by atoms with van der Waals surface area (Å²) in [5.74, 6) is -6.01. The fourth-order valence-electron chi connectivity index (χ4n) is 5.14. The van der Waals surface area contributed by atoms with Crippen LogP contribution in [0.3, 0.4) is 0 Å². The van der Waals surface area contributed by atoms with E-state index < -0.39 is 24.1 Å². The van der Waals surface area contributed by atoms with Crippen molar-refractivity contribution in [3.8, 4) is 17.0 Å². The van der Waals surface area contributed by atoms with Gasteiger partial charge in [0.25, 0.3) is 5.91 Å². The number of alkyl halides is 2. The van der Waals surface area contributed by atoms with E-state index in [-0.39, 0.29) is 24.8 Å². The molecule has 0 bridgehead atoms. The van der Waals surface area contributed by atoms with Gasteiger partial charge in [0.05, 0.1) is 35.6 Å². The van der Waals surface area contributed by atoms with Crippen LogP contribution < -0.4 is 10.1 Å². The van der Waals surface area contributed by atoms with Crippen molar-refractivity contribution < 1.29 is 32.6 Å². The standard InChI is InChI=1S/C31H28F3N3O4/c1-41-22-12-13-23-19(16-22)4-2-5-24(23)37-29(38)20-9-14-25-27(17-20)35-26(6-3-15-31(33,34)30(39)40)28(36-25)18-7-10-21(32)11-8-18/h7-14,16-17,24H,2-6,15H2,1H3,(H,37,38)(H,39,40). The number of aryl methyl sites for hydroxylation is 2. The first-order valence-corrected chi connectivity index (χ1v) is 13.3. The third kappa shape index (κ3) is 6.16. The van der Waals surface area contributed by atoms with E-state index >= 15 is 0 Å². The number of nitrogens with zero attached hydrogens (tertiary/aromatic N) is 2. The number of rotatable bonds is 9. The molecule has 1 amide bonds. The highest BCUT2D eigenvalue weighted by Crippen LogP contribution is 2.33. The minimum absolute atomic E-state index is 0.0112. The van der Waals surface area contributed by atoms with E-state index in [0.29, 0.717) is 33.5 Å². The lowest BCUT2D eigenvalue weighted by molar-refractivity contribution is -0.165. The number of fused-ring (bicyclic) bond motifs is 2. The van der Waals surface area contributed by atoms with Crippen molar-refractivity contribution in [2.75, 3.05) is 7.11 Å². The number of nitrogens with one attached hydrogen (secondary N) is 1. The monoisotopic (exact) mass is 563 g/mol. The number of aliphatic carboxylic acids is 1. The van der Waals surface area contributed by atoms with Gasteiger partial charge in [-0.2, -0.15) is 8.78 Å². The number of carboxylic acids is 1. The van der Waals surface area contributed by atoms with Gasteiger partial charge in [-0.05, 0) is 97.8 Å². The van der Waals surface area contributed by atoms with Gasteiger partial charge in [0.2, 0.25) is 0 Å². The Balaban J connectivity index is 1.43. The van der Waals surface area contributed by atoms with Gasteiger partial charge in [-0.3, -0.25) is 4.79 Å². The molecule has 1 aliphatic carbocycles. The van der Waals surface area contributed by atoms with Crippen molar-refractivity contribution in [1.29, 1.82) is 0 Å². The average molecular weight is 564 g/mol. The summed E-state index contributed by atoms with van der Waals surface area (Å²) in [6.07, 6.45) is 1.59. The Hall–Kier alpha value is -4.47. The number of amides is 1. The third-order valence-electron chi connectivity index (χ3n) is 7.30. The quantitative estimate of drug-likeness (QED) is 0.248. The first kappa shape index (κ1) is 28.1. The number of hydrogen-bond donors (Lipinski definition) is 2. The number of halogens is 3. The Kier molecular flexibility index (Phi) is 7.92. The molecule has 4 aromatic rings. The fraction of sp³-hybridized carbons (Fsp3) is 0.290. The lowest BCUT2D eigenvalue weighted by Gasteiger charge is -2.27. The van der Waals surface area contributed by atoms with Gasteiger partial charge in [-0.25, -0.2) is 19.2 Å². The zero-order valence-corrected chi connectivity index (χ0v) is 22.3. The molecular formula is C31H28F3N3O4. The summed E-state index contributed by atoms with van der Waals surface area (Å²) in [5, 5.41) is 11.9. The topological polar surface area (TPSA) is 101 Å². The van der Waals surface area contributed by atoms with Crippen LogP contribution in [0.4, 0.5) is 13.2 Å². The summed E-state index contributed by atoms with van der Waals surface area (Å²) in [6, 6.07) is 16.1. The third-order valence-corrected chi connectivity index (χ3v) is 7.30. The number of methoxy groups -OCH3 is 1. The van der Waals surface area contributed by atoms with E-state index in [4.69, 9.17) is 9.84 Å². The molecule has 41 heavy (non-hydrogen) atoms. The zero-order valence-electron chi connectivity index (χ0n) is 22.3. The van der Waals surface area contributed by atoms with Crippen molar-refractivity contribution >= 4 is 22.9 Å². The minimum atomic E-state index is -3.87. The van der Waals surface area contributed by atoms with E-state index in [9.17, 15) is 22.8 Å². The van der Waals surface area contributed by atoms with Crippen LogP contribution >= 0.6 is 0 Å². The lowest BCUT2D eigenvalue weighted by atomic mass is 9.87. The molecule has 0 radical (unpaired) electrons. The lowest BCUT2D eigenvalue weighted by Crippen LogP contribution is -2.31. The number of carboxylic acid groups (broad SMARTS) is 1. The Morgan fingerprint density at radius 2 is 1.83 bits per heavy atom. The first-order valence-electron chi connectivity index (χ1n) is 13.3. The highest BCUT2D eigenvalue weighted by Gasteiger charge is 2.38. The highest BCUT2D eigenvalue weighted by atomic mass is 19.3. The molecule has 2 N–H and O–H groups in total. The molecule has 0 fully saturated rings. The Bertz CT molecular complexity index is 1610. The van der Waals surface area contributed by atoms with Crippen molar-refractivity contribution in [2.45, 2.75) is 50.5 Å². The summed E-state index contributed by atoms with van der Waals surface area (Å²) in [6.45, 7) is 0. The van der Waals surface area contributed by atoms with Crippen LogP contribution in [-0.4, -0.2) is 40.0 Å². The molecular weight excluding hydrogens is 535 g/mol. The molecule has 5 rings (SSSR count). The maximum atomic E-state index is 13.7. The Morgan fingerprint density at radius 1 is 1.05 bits per heavy atom. The minimum Gasteiger partial charge on any atom is -0.497 e. The molecule has 7 nitrogen and oxygen atoms in total. The predicted molar refractivity (Wildman–Crippen MR) is 147 cm³/mol. The van der Waals surface area contributed by atoms with Crippen LogP contribution in [0.2, 0.25) is 0 Å². The molecule has 1 unspecified atom stereocenters. The summed E-state index contributed by atoms with van der Waals surface area (Å²) >= 11 is 0. The first-order chi connectivity index (χ1) is 19.6. The van der Waals surface area contributed by atoms with Crippen LogP contribution in [0.1, 0.15) is 58.9 Å². The van der Waals surface area contributed by atoms with E-state index in [2.05, 4.69) is 15.3 Å². The van der Waals surface area contributed by atoms with Crippen LogP contribution in [0, 0.1) is 5.82 Å². The van der Waals surface area contributed by atoms with Gasteiger partial charge < -0.3 is 15.2 Å². The van der Waals surface area contributed by atoms with Crippen molar-refractivity contribution in [1.82, 2.24) is 15.3 Å². The molecule has 1 aliphatic rings. The van der Waals surface area contributed by atoms with Gasteiger partial charge in [0.15, 0.2) is 0 Å². The molecule has 0 saturated carbocycles. The van der Waals surface area contributed by atoms with Crippen molar-refractivity contribution in [3.63, 3.8) is 0 Å². The molecule has 3 aromatic carbocycles. The second kappa shape index (κ2) is 11.6. The summed E-state index contributed by atoms with van der Waals surface area (Å²) in [7, 11) is 1.62. The van der Waals surface area contributed by atoms with Crippen LogP contribution in [0.5, 0.6) is 5.75 Å². The highest BCUT2D eigenvalue weighted by molar-refractivity contribution is 5.97. The van der Waals surface area contributed by atoms with Crippen LogP contribution in [-0.2, 0) is 17.6 Å². The SMILES string of the molecule is COc1ccc2c(c1)CCCC2NC(=O)c1ccc2nc(-c3ccc(F)cc3)c(CCCC(F)(F)C(=O)O)nc2c1.